The number of pyridine rings is 1. The SMILES string of the molecule is Nc1cc([N+](=O)[O-])ccc1N1CCCC1c1cccnc1. The molecule has 3 rings (SSSR count). The van der Waals surface area contributed by atoms with Gasteiger partial charge in [-0.05, 0) is 30.5 Å². The van der Waals surface area contributed by atoms with Crippen LogP contribution in [0.5, 0.6) is 0 Å². The Bertz CT molecular complexity index is 660. The normalized spacial score (nSPS) is 17.9. The first-order valence-corrected chi connectivity index (χ1v) is 6.87. The van der Waals surface area contributed by atoms with E-state index in [1.54, 1.807) is 12.3 Å². The van der Waals surface area contributed by atoms with Gasteiger partial charge in [-0.15, -0.1) is 0 Å². The molecular formula is C15H16N4O2. The third kappa shape index (κ3) is 2.52. The summed E-state index contributed by atoms with van der Waals surface area (Å²) in [7, 11) is 0. The summed E-state index contributed by atoms with van der Waals surface area (Å²) in [5, 5.41) is 10.8. The van der Waals surface area contributed by atoms with Gasteiger partial charge in [0.25, 0.3) is 5.69 Å². The summed E-state index contributed by atoms with van der Waals surface area (Å²) in [6, 6.07) is 8.87. The lowest BCUT2D eigenvalue weighted by atomic mass is 10.1. The number of nitro groups is 1. The predicted octanol–water partition coefficient (Wildman–Crippen LogP) is 2.91. The average Bonchev–Trinajstić information content (AvgIpc) is 2.97. The zero-order chi connectivity index (χ0) is 14.8. The second kappa shape index (κ2) is 5.40. The van der Waals surface area contributed by atoms with E-state index in [1.807, 2.05) is 12.3 Å². The van der Waals surface area contributed by atoms with Crippen molar-refractivity contribution >= 4 is 17.1 Å². The van der Waals surface area contributed by atoms with Gasteiger partial charge in [-0.25, -0.2) is 0 Å². The van der Waals surface area contributed by atoms with Crippen LogP contribution in [0.25, 0.3) is 0 Å². The Labute approximate surface area is 122 Å². The van der Waals surface area contributed by atoms with Crippen LogP contribution in [0.4, 0.5) is 17.1 Å². The molecule has 2 N–H and O–H groups in total. The van der Waals surface area contributed by atoms with E-state index < -0.39 is 4.92 Å². The smallest absolute Gasteiger partial charge is 0.271 e. The zero-order valence-corrected chi connectivity index (χ0v) is 11.5. The van der Waals surface area contributed by atoms with Crippen molar-refractivity contribution < 1.29 is 4.92 Å². The highest BCUT2D eigenvalue weighted by atomic mass is 16.6. The molecule has 0 saturated carbocycles. The number of aromatic nitrogens is 1. The fourth-order valence-electron chi connectivity index (χ4n) is 2.89. The monoisotopic (exact) mass is 284 g/mol. The molecule has 2 aromatic rings. The molecular weight excluding hydrogens is 268 g/mol. The summed E-state index contributed by atoms with van der Waals surface area (Å²) >= 11 is 0. The van der Waals surface area contributed by atoms with Crippen LogP contribution in [0.3, 0.4) is 0 Å². The maximum atomic E-state index is 10.8. The number of hydrogen-bond acceptors (Lipinski definition) is 5. The maximum absolute atomic E-state index is 10.8. The Hall–Kier alpha value is -2.63. The van der Waals surface area contributed by atoms with Crippen LogP contribution >= 0.6 is 0 Å². The van der Waals surface area contributed by atoms with E-state index in [0.717, 1.165) is 30.6 Å². The van der Waals surface area contributed by atoms with Crippen LogP contribution in [-0.2, 0) is 0 Å². The lowest BCUT2D eigenvalue weighted by Crippen LogP contribution is -2.23. The molecule has 6 nitrogen and oxygen atoms in total. The second-order valence-electron chi connectivity index (χ2n) is 5.14. The maximum Gasteiger partial charge on any atom is 0.271 e. The standard InChI is InChI=1S/C15H16N4O2/c16-13-9-12(19(20)21)5-6-15(13)18-8-2-4-14(18)11-3-1-7-17-10-11/h1,3,5-7,9-10,14H,2,4,8,16H2. The molecule has 0 bridgehead atoms. The van der Waals surface area contributed by atoms with Crippen molar-refractivity contribution in [3.8, 4) is 0 Å². The van der Waals surface area contributed by atoms with Gasteiger partial charge < -0.3 is 10.6 Å². The Morgan fingerprint density at radius 1 is 1.38 bits per heavy atom. The number of nitro benzene ring substituents is 1. The molecule has 1 saturated heterocycles. The predicted molar refractivity (Wildman–Crippen MR) is 81.1 cm³/mol. The molecule has 1 aliphatic heterocycles. The summed E-state index contributed by atoms with van der Waals surface area (Å²) in [4.78, 5) is 16.7. The summed E-state index contributed by atoms with van der Waals surface area (Å²) in [5.74, 6) is 0. The zero-order valence-electron chi connectivity index (χ0n) is 11.5. The van der Waals surface area contributed by atoms with Gasteiger partial charge in [0.05, 0.1) is 22.3 Å². The van der Waals surface area contributed by atoms with Crippen molar-refractivity contribution in [3.63, 3.8) is 0 Å². The van der Waals surface area contributed by atoms with Crippen molar-refractivity contribution in [1.82, 2.24) is 4.98 Å². The van der Waals surface area contributed by atoms with Gasteiger partial charge in [-0.3, -0.25) is 15.1 Å². The van der Waals surface area contributed by atoms with Gasteiger partial charge in [0, 0.05) is 31.1 Å². The molecule has 6 heteroatoms. The fourth-order valence-corrected chi connectivity index (χ4v) is 2.89. The third-order valence-electron chi connectivity index (χ3n) is 3.85. The van der Waals surface area contributed by atoms with Crippen molar-refractivity contribution in [1.29, 1.82) is 0 Å². The average molecular weight is 284 g/mol. The van der Waals surface area contributed by atoms with Gasteiger partial charge >= 0.3 is 0 Å². The van der Waals surface area contributed by atoms with Gasteiger partial charge in [0.15, 0.2) is 0 Å². The molecule has 1 fully saturated rings. The van der Waals surface area contributed by atoms with Crippen molar-refractivity contribution in [2.45, 2.75) is 18.9 Å². The Morgan fingerprint density at radius 2 is 2.24 bits per heavy atom. The van der Waals surface area contributed by atoms with E-state index in [4.69, 9.17) is 5.73 Å². The number of anilines is 2. The molecule has 2 heterocycles. The van der Waals surface area contributed by atoms with Gasteiger partial charge in [-0.2, -0.15) is 0 Å². The Kier molecular flexibility index (Phi) is 3.43. The molecule has 0 aliphatic carbocycles. The fraction of sp³-hybridized carbons (Fsp3) is 0.267. The molecule has 1 aliphatic rings. The highest BCUT2D eigenvalue weighted by Crippen LogP contribution is 2.39. The number of hydrogen-bond donors (Lipinski definition) is 1. The van der Waals surface area contributed by atoms with Crippen LogP contribution in [0.1, 0.15) is 24.4 Å². The first kappa shape index (κ1) is 13.4. The molecule has 0 radical (unpaired) electrons. The van der Waals surface area contributed by atoms with E-state index >= 15 is 0 Å². The number of nitrogen functional groups attached to an aromatic ring is 1. The minimum Gasteiger partial charge on any atom is -0.397 e. The number of benzene rings is 1. The summed E-state index contributed by atoms with van der Waals surface area (Å²) < 4.78 is 0. The topological polar surface area (TPSA) is 85.3 Å². The molecule has 108 valence electrons. The van der Waals surface area contributed by atoms with Crippen molar-refractivity contribution in [3.05, 3.63) is 58.4 Å². The van der Waals surface area contributed by atoms with E-state index in [0.29, 0.717) is 5.69 Å². The summed E-state index contributed by atoms with van der Waals surface area (Å²) in [5.41, 5.74) is 8.48. The first-order chi connectivity index (χ1) is 10.2. The highest BCUT2D eigenvalue weighted by molar-refractivity contribution is 5.71. The first-order valence-electron chi connectivity index (χ1n) is 6.87. The summed E-state index contributed by atoms with van der Waals surface area (Å²) in [6.07, 6.45) is 5.71. The van der Waals surface area contributed by atoms with Crippen LogP contribution in [0, 0.1) is 10.1 Å². The minimum atomic E-state index is -0.428. The largest absolute Gasteiger partial charge is 0.397 e. The lowest BCUT2D eigenvalue weighted by molar-refractivity contribution is -0.384. The third-order valence-corrected chi connectivity index (χ3v) is 3.85. The van der Waals surface area contributed by atoms with E-state index in [1.165, 1.54) is 12.1 Å². The van der Waals surface area contributed by atoms with E-state index in [9.17, 15) is 10.1 Å². The van der Waals surface area contributed by atoms with Gasteiger partial charge in [0.1, 0.15) is 0 Å². The van der Waals surface area contributed by atoms with Crippen LogP contribution in [0.15, 0.2) is 42.7 Å². The lowest BCUT2D eigenvalue weighted by Gasteiger charge is -2.28. The van der Waals surface area contributed by atoms with Gasteiger partial charge in [-0.1, -0.05) is 6.07 Å². The van der Waals surface area contributed by atoms with Crippen molar-refractivity contribution in [2.24, 2.45) is 0 Å². The van der Waals surface area contributed by atoms with Crippen molar-refractivity contribution in [2.75, 3.05) is 17.2 Å². The van der Waals surface area contributed by atoms with Gasteiger partial charge in [0.2, 0.25) is 0 Å². The Morgan fingerprint density at radius 3 is 2.90 bits per heavy atom. The molecule has 0 amide bonds. The molecule has 1 aromatic carbocycles. The number of rotatable bonds is 3. The number of non-ortho nitro benzene ring substituents is 1. The molecule has 21 heavy (non-hydrogen) atoms. The molecule has 0 spiro atoms. The number of nitrogens with two attached hydrogens (primary N) is 1. The quantitative estimate of drug-likeness (QED) is 0.532. The van der Waals surface area contributed by atoms with Crippen LogP contribution in [0.2, 0.25) is 0 Å². The second-order valence-corrected chi connectivity index (χ2v) is 5.14. The molecule has 1 atom stereocenters. The number of nitrogens with zero attached hydrogens (tertiary/aromatic N) is 3. The Balaban J connectivity index is 1.94. The van der Waals surface area contributed by atoms with Crippen LogP contribution < -0.4 is 10.6 Å². The van der Waals surface area contributed by atoms with E-state index in [2.05, 4.69) is 16.0 Å². The summed E-state index contributed by atoms with van der Waals surface area (Å²) in [6.45, 7) is 0.890. The van der Waals surface area contributed by atoms with E-state index in [-0.39, 0.29) is 11.7 Å². The van der Waals surface area contributed by atoms with Crippen LogP contribution in [-0.4, -0.2) is 16.5 Å². The highest BCUT2D eigenvalue weighted by Gasteiger charge is 2.28. The molecule has 1 unspecified atom stereocenters. The molecule has 1 aromatic heterocycles. The minimum absolute atomic E-state index is 0.0216.